The molecule has 2 aliphatic heterocycles. The minimum Gasteiger partial charge on any atom is -0.465 e. The standard InChI is InChI=1S/C22H26O7/c1-11-13-4-5-14-21(10-28-19(26)22(14,8-13)17(11)24)7-6-15(29-12(2)23)20(3)9-27-18(25)16(20)21/h13-16H,1,4-10H2,2-3H3/t13-,14+,15+,16-,20-,21-,22+/m1/s1. The molecule has 7 heteroatoms. The molecule has 3 saturated carbocycles. The van der Waals surface area contributed by atoms with Gasteiger partial charge in [-0.1, -0.05) is 13.5 Å². The van der Waals surface area contributed by atoms with Crippen molar-refractivity contribution in [1.29, 1.82) is 0 Å². The molecule has 5 aliphatic rings. The van der Waals surface area contributed by atoms with Crippen molar-refractivity contribution in [3.63, 3.8) is 0 Å². The number of fused-ring (bicyclic) bond motifs is 4. The number of ketones is 1. The monoisotopic (exact) mass is 402 g/mol. The summed E-state index contributed by atoms with van der Waals surface area (Å²) in [7, 11) is 0. The van der Waals surface area contributed by atoms with Crippen LogP contribution < -0.4 is 0 Å². The zero-order chi connectivity index (χ0) is 20.8. The number of cyclic esters (lactones) is 2. The van der Waals surface area contributed by atoms with Gasteiger partial charge in [-0.05, 0) is 49.5 Å². The Morgan fingerprint density at radius 3 is 2.62 bits per heavy atom. The maximum Gasteiger partial charge on any atom is 0.320 e. The van der Waals surface area contributed by atoms with Crippen molar-refractivity contribution in [1.82, 2.24) is 0 Å². The molecule has 156 valence electrons. The van der Waals surface area contributed by atoms with Crippen LogP contribution in [0.1, 0.15) is 46.0 Å². The summed E-state index contributed by atoms with van der Waals surface area (Å²) in [6.07, 6.45) is 2.56. The molecule has 2 saturated heterocycles. The molecule has 7 nitrogen and oxygen atoms in total. The quantitative estimate of drug-likeness (QED) is 0.286. The Morgan fingerprint density at radius 1 is 1.14 bits per heavy atom. The van der Waals surface area contributed by atoms with E-state index in [2.05, 4.69) is 6.58 Å². The van der Waals surface area contributed by atoms with Crippen LogP contribution >= 0.6 is 0 Å². The van der Waals surface area contributed by atoms with Gasteiger partial charge in [-0.15, -0.1) is 0 Å². The Morgan fingerprint density at radius 2 is 1.90 bits per heavy atom. The van der Waals surface area contributed by atoms with Crippen LogP contribution in [-0.2, 0) is 33.4 Å². The lowest BCUT2D eigenvalue weighted by molar-refractivity contribution is -0.221. The van der Waals surface area contributed by atoms with Crippen LogP contribution in [0.15, 0.2) is 12.2 Å². The third kappa shape index (κ3) is 2.09. The van der Waals surface area contributed by atoms with Gasteiger partial charge in [-0.3, -0.25) is 19.2 Å². The summed E-state index contributed by atoms with van der Waals surface area (Å²) in [4.78, 5) is 50.9. The maximum atomic E-state index is 13.3. The fourth-order valence-corrected chi connectivity index (χ4v) is 7.42. The van der Waals surface area contributed by atoms with Crippen LogP contribution in [0.2, 0.25) is 0 Å². The van der Waals surface area contributed by atoms with Gasteiger partial charge in [0.15, 0.2) is 5.78 Å². The largest absolute Gasteiger partial charge is 0.465 e. The molecule has 0 amide bonds. The van der Waals surface area contributed by atoms with Crippen LogP contribution in [0, 0.1) is 34.0 Å². The molecule has 0 radical (unpaired) electrons. The Labute approximate surface area is 169 Å². The smallest absolute Gasteiger partial charge is 0.320 e. The summed E-state index contributed by atoms with van der Waals surface area (Å²) in [5.74, 6) is -2.25. The van der Waals surface area contributed by atoms with Crippen molar-refractivity contribution < 1.29 is 33.4 Å². The van der Waals surface area contributed by atoms with Gasteiger partial charge in [0.25, 0.3) is 0 Å². The van der Waals surface area contributed by atoms with E-state index in [0.717, 1.165) is 6.42 Å². The summed E-state index contributed by atoms with van der Waals surface area (Å²) >= 11 is 0. The molecule has 29 heavy (non-hydrogen) atoms. The van der Waals surface area contributed by atoms with E-state index in [4.69, 9.17) is 14.2 Å². The highest BCUT2D eigenvalue weighted by Crippen LogP contribution is 2.69. The number of Topliss-reactive ketones (excluding diaryl/α,β-unsaturated/α-hetero) is 1. The second-order valence-electron chi connectivity index (χ2n) is 9.85. The summed E-state index contributed by atoms with van der Waals surface area (Å²) < 4.78 is 16.8. The van der Waals surface area contributed by atoms with E-state index in [0.29, 0.717) is 31.3 Å². The second kappa shape index (κ2) is 5.70. The molecular weight excluding hydrogens is 376 g/mol. The van der Waals surface area contributed by atoms with Crippen molar-refractivity contribution in [3.05, 3.63) is 12.2 Å². The number of hydrogen-bond donors (Lipinski definition) is 0. The summed E-state index contributed by atoms with van der Waals surface area (Å²) in [5, 5.41) is 0. The predicted octanol–water partition coefficient (Wildman–Crippen LogP) is 1.98. The molecule has 2 spiro atoms. The molecule has 0 aromatic rings. The van der Waals surface area contributed by atoms with Crippen LogP contribution in [0.5, 0.6) is 0 Å². The van der Waals surface area contributed by atoms with Crippen molar-refractivity contribution >= 4 is 23.7 Å². The van der Waals surface area contributed by atoms with E-state index in [1.165, 1.54) is 6.92 Å². The highest BCUT2D eigenvalue weighted by Gasteiger charge is 2.75. The highest BCUT2D eigenvalue weighted by molar-refractivity contribution is 6.15. The van der Waals surface area contributed by atoms with Gasteiger partial charge in [-0.25, -0.2) is 0 Å². The average molecular weight is 402 g/mol. The number of carbonyl (C=O) groups is 4. The first kappa shape index (κ1) is 18.8. The van der Waals surface area contributed by atoms with Crippen molar-refractivity contribution in [3.8, 4) is 0 Å². The number of allylic oxidation sites excluding steroid dienone is 1. The molecular formula is C22H26O7. The maximum absolute atomic E-state index is 13.3. The van der Waals surface area contributed by atoms with Crippen molar-refractivity contribution in [2.75, 3.05) is 13.2 Å². The Hall–Kier alpha value is -2.18. The van der Waals surface area contributed by atoms with Crippen molar-refractivity contribution in [2.45, 2.75) is 52.1 Å². The molecule has 2 bridgehead atoms. The lowest BCUT2D eigenvalue weighted by atomic mass is 9.44. The normalized spacial score (nSPS) is 48.1. The van der Waals surface area contributed by atoms with Crippen LogP contribution in [0.25, 0.3) is 0 Å². The molecule has 7 atom stereocenters. The van der Waals surface area contributed by atoms with Gasteiger partial charge in [0.2, 0.25) is 0 Å². The Balaban J connectivity index is 1.63. The van der Waals surface area contributed by atoms with Gasteiger partial charge in [0, 0.05) is 12.3 Å². The van der Waals surface area contributed by atoms with E-state index in [9.17, 15) is 19.2 Å². The fourth-order valence-electron chi connectivity index (χ4n) is 7.42. The SMILES string of the molecule is C=C1C(=O)[C@]23C[C@H]1CC[C@H]2[C@@]1(CC[C@H](OC(C)=O)[C@@]2(C)COC(=O)[C@H]21)COC3=O. The third-order valence-electron chi connectivity index (χ3n) is 8.60. The molecule has 0 aromatic heterocycles. The van der Waals surface area contributed by atoms with E-state index >= 15 is 0 Å². The average Bonchev–Trinajstić information content (AvgIpc) is 3.10. The summed E-state index contributed by atoms with van der Waals surface area (Å²) in [5.41, 5.74) is -2.09. The van der Waals surface area contributed by atoms with Gasteiger partial charge in [0.1, 0.15) is 18.1 Å². The van der Waals surface area contributed by atoms with Gasteiger partial charge >= 0.3 is 17.9 Å². The topological polar surface area (TPSA) is 96.0 Å². The lowest BCUT2D eigenvalue weighted by Gasteiger charge is -2.59. The minimum atomic E-state index is -1.23. The predicted molar refractivity (Wildman–Crippen MR) is 98.1 cm³/mol. The molecule has 2 heterocycles. The summed E-state index contributed by atoms with van der Waals surface area (Å²) in [6, 6.07) is 0. The first-order chi connectivity index (χ1) is 13.7. The highest BCUT2D eigenvalue weighted by atomic mass is 16.6. The molecule has 0 unspecified atom stereocenters. The Kier molecular flexibility index (Phi) is 3.70. The Bertz CT molecular complexity index is 861. The number of esters is 3. The first-order valence-corrected chi connectivity index (χ1v) is 10.4. The molecule has 0 N–H and O–H groups in total. The molecule has 0 aromatic carbocycles. The first-order valence-electron chi connectivity index (χ1n) is 10.4. The zero-order valence-corrected chi connectivity index (χ0v) is 16.8. The van der Waals surface area contributed by atoms with Crippen LogP contribution in [-0.4, -0.2) is 43.0 Å². The van der Waals surface area contributed by atoms with E-state index in [1.807, 2.05) is 6.92 Å². The van der Waals surface area contributed by atoms with E-state index in [-0.39, 0.29) is 42.8 Å². The molecule has 5 rings (SSSR count). The van der Waals surface area contributed by atoms with Gasteiger partial charge < -0.3 is 14.2 Å². The van der Waals surface area contributed by atoms with Gasteiger partial charge in [0.05, 0.1) is 17.9 Å². The zero-order valence-electron chi connectivity index (χ0n) is 16.8. The second-order valence-corrected chi connectivity index (χ2v) is 9.85. The van der Waals surface area contributed by atoms with Crippen molar-refractivity contribution in [2.24, 2.45) is 34.0 Å². The fraction of sp³-hybridized carbons (Fsp3) is 0.727. The lowest BCUT2D eigenvalue weighted by Crippen LogP contribution is -2.66. The number of carbonyl (C=O) groups excluding carboxylic acids is 4. The van der Waals surface area contributed by atoms with Gasteiger partial charge in [-0.2, -0.15) is 0 Å². The van der Waals surface area contributed by atoms with E-state index < -0.39 is 34.2 Å². The third-order valence-corrected chi connectivity index (χ3v) is 8.60. The molecule has 3 aliphatic carbocycles. The summed E-state index contributed by atoms with van der Waals surface area (Å²) in [6.45, 7) is 7.51. The molecule has 5 fully saturated rings. The van der Waals surface area contributed by atoms with E-state index in [1.54, 1.807) is 0 Å². The number of rotatable bonds is 1. The number of ether oxygens (including phenoxy) is 3. The van der Waals surface area contributed by atoms with Crippen LogP contribution in [0.3, 0.4) is 0 Å². The number of hydrogen-bond acceptors (Lipinski definition) is 7. The van der Waals surface area contributed by atoms with Crippen LogP contribution in [0.4, 0.5) is 0 Å². The minimum absolute atomic E-state index is 0.0146.